The van der Waals surface area contributed by atoms with Gasteiger partial charge in [-0.05, 0) is 24.6 Å². The van der Waals surface area contributed by atoms with Crippen LogP contribution in [0, 0.1) is 5.92 Å². The number of rotatable bonds is 8. The van der Waals surface area contributed by atoms with Gasteiger partial charge >= 0.3 is 5.97 Å². The highest BCUT2D eigenvalue weighted by Gasteiger charge is 2.06. The first-order chi connectivity index (χ1) is 9.13. The number of benzene rings is 1. The summed E-state index contributed by atoms with van der Waals surface area (Å²) < 4.78 is 10.4. The zero-order valence-electron chi connectivity index (χ0n) is 11.9. The highest BCUT2D eigenvalue weighted by Crippen LogP contribution is 2.11. The van der Waals surface area contributed by atoms with E-state index in [2.05, 4.69) is 5.32 Å². The fourth-order valence-corrected chi connectivity index (χ4v) is 1.49. The summed E-state index contributed by atoms with van der Waals surface area (Å²) in [5.41, 5.74) is 1.18. The molecule has 19 heavy (non-hydrogen) atoms. The lowest BCUT2D eigenvalue weighted by Crippen LogP contribution is -2.22. The van der Waals surface area contributed by atoms with E-state index in [-0.39, 0.29) is 11.9 Å². The molecule has 1 aromatic carbocycles. The number of nitrogens with one attached hydrogen (secondary N) is 1. The molecule has 0 fully saturated rings. The Morgan fingerprint density at radius 1 is 1.26 bits per heavy atom. The molecule has 0 saturated heterocycles. The van der Waals surface area contributed by atoms with Crippen LogP contribution < -0.4 is 10.1 Å². The molecule has 1 rings (SSSR count). The van der Waals surface area contributed by atoms with Gasteiger partial charge in [0, 0.05) is 13.1 Å². The summed E-state index contributed by atoms with van der Waals surface area (Å²) in [6.45, 7) is 8.13. The van der Waals surface area contributed by atoms with E-state index in [9.17, 15) is 4.79 Å². The number of carbonyl (C=O) groups is 1. The molecule has 4 nitrogen and oxygen atoms in total. The van der Waals surface area contributed by atoms with Crippen LogP contribution in [0.2, 0.25) is 0 Å². The number of hydrogen-bond acceptors (Lipinski definition) is 4. The minimum absolute atomic E-state index is 0.0638. The quantitative estimate of drug-likeness (QED) is 0.579. The van der Waals surface area contributed by atoms with Crippen LogP contribution in [-0.4, -0.2) is 25.7 Å². The van der Waals surface area contributed by atoms with Crippen LogP contribution in [0.25, 0.3) is 0 Å². The van der Waals surface area contributed by atoms with Gasteiger partial charge in [0.15, 0.2) is 0 Å². The first-order valence-electron chi connectivity index (χ1n) is 6.72. The van der Waals surface area contributed by atoms with Crippen molar-refractivity contribution in [2.75, 3.05) is 19.8 Å². The Balaban J connectivity index is 2.17. The topological polar surface area (TPSA) is 47.6 Å². The average Bonchev–Trinajstić information content (AvgIpc) is 2.40. The molecule has 106 valence electrons. The maximum absolute atomic E-state index is 11.2. The summed E-state index contributed by atoms with van der Waals surface area (Å²) >= 11 is 0. The third-order valence-corrected chi connectivity index (χ3v) is 2.56. The highest BCUT2D eigenvalue weighted by atomic mass is 16.5. The average molecular weight is 265 g/mol. The van der Waals surface area contributed by atoms with E-state index in [0.717, 1.165) is 12.3 Å². The van der Waals surface area contributed by atoms with Gasteiger partial charge in [0.25, 0.3) is 0 Å². The van der Waals surface area contributed by atoms with Crippen molar-refractivity contribution in [1.29, 1.82) is 0 Å². The second kappa shape index (κ2) is 8.53. The first-order valence-corrected chi connectivity index (χ1v) is 6.72. The number of hydrogen-bond donors (Lipinski definition) is 1. The van der Waals surface area contributed by atoms with Gasteiger partial charge in [-0.3, -0.25) is 4.79 Å². The third kappa shape index (κ3) is 6.25. The summed E-state index contributed by atoms with van der Waals surface area (Å²) in [5, 5.41) is 3.23. The van der Waals surface area contributed by atoms with Crippen LogP contribution >= 0.6 is 0 Å². The van der Waals surface area contributed by atoms with Crippen molar-refractivity contribution in [3.63, 3.8) is 0 Å². The van der Waals surface area contributed by atoms with Gasteiger partial charge in [-0.25, -0.2) is 0 Å². The molecule has 0 spiro atoms. The Labute approximate surface area is 115 Å². The maximum Gasteiger partial charge on any atom is 0.308 e. The molecule has 0 atom stereocenters. The standard InChI is InChI=1S/C15H23NO3/c1-4-18-14-7-5-13(6-8-14)11-16-9-10-19-15(17)12(2)3/h5-8,12,16H,4,9-11H2,1-3H3. The molecule has 0 unspecified atom stereocenters. The van der Waals surface area contributed by atoms with E-state index in [4.69, 9.17) is 9.47 Å². The summed E-state index contributed by atoms with van der Waals surface area (Å²) in [4.78, 5) is 11.2. The zero-order chi connectivity index (χ0) is 14.1. The second-order valence-corrected chi connectivity index (χ2v) is 4.58. The molecule has 0 saturated carbocycles. The van der Waals surface area contributed by atoms with Crippen LogP contribution in [0.5, 0.6) is 5.75 Å². The van der Waals surface area contributed by atoms with E-state index < -0.39 is 0 Å². The highest BCUT2D eigenvalue weighted by molar-refractivity contribution is 5.71. The number of ether oxygens (including phenoxy) is 2. The van der Waals surface area contributed by atoms with Crippen molar-refractivity contribution in [2.24, 2.45) is 5.92 Å². The SMILES string of the molecule is CCOc1ccc(CNCCOC(=O)C(C)C)cc1. The van der Waals surface area contributed by atoms with E-state index in [1.165, 1.54) is 5.56 Å². The normalized spacial score (nSPS) is 10.5. The predicted molar refractivity (Wildman–Crippen MR) is 75.1 cm³/mol. The zero-order valence-corrected chi connectivity index (χ0v) is 11.9. The lowest BCUT2D eigenvalue weighted by molar-refractivity contribution is -0.147. The second-order valence-electron chi connectivity index (χ2n) is 4.58. The van der Waals surface area contributed by atoms with Crippen LogP contribution in [0.3, 0.4) is 0 Å². The Kier molecular flexibility index (Phi) is 6.97. The molecule has 0 aliphatic heterocycles. The Morgan fingerprint density at radius 3 is 2.53 bits per heavy atom. The van der Waals surface area contributed by atoms with Crippen LogP contribution in [0.15, 0.2) is 24.3 Å². The minimum Gasteiger partial charge on any atom is -0.494 e. The van der Waals surface area contributed by atoms with Crippen LogP contribution in [0.1, 0.15) is 26.3 Å². The van der Waals surface area contributed by atoms with Crippen molar-refractivity contribution in [3.8, 4) is 5.75 Å². The van der Waals surface area contributed by atoms with Crippen molar-refractivity contribution < 1.29 is 14.3 Å². The monoisotopic (exact) mass is 265 g/mol. The van der Waals surface area contributed by atoms with Crippen LogP contribution in [-0.2, 0) is 16.1 Å². The molecular formula is C15H23NO3. The van der Waals surface area contributed by atoms with E-state index >= 15 is 0 Å². The smallest absolute Gasteiger partial charge is 0.308 e. The fourth-order valence-electron chi connectivity index (χ4n) is 1.49. The molecule has 0 aliphatic carbocycles. The Bertz CT molecular complexity index is 373. The van der Waals surface area contributed by atoms with Gasteiger partial charge in [-0.2, -0.15) is 0 Å². The van der Waals surface area contributed by atoms with E-state index in [0.29, 0.717) is 19.8 Å². The van der Waals surface area contributed by atoms with Crippen LogP contribution in [0.4, 0.5) is 0 Å². The molecule has 0 radical (unpaired) electrons. The summed E-state index contributed by atoms with van der Waals surface area (Å²) in [5.74, 6) is 0.672. The molecule has 4 heteroatoms. The van der Waals surface area contributed by atoms with Crippen molar-refractivity contribution in [2.45, 2.75) is 27.3 Å². The molecule has 1 N–H and O–H groups in total. The van der Waals surface area contributed by atoms with Crippen molar-refractivity contribution in [1.82, 2.24) is 5.32 Å². The molecule has 0 amide bonds. The Hall–Kier alpha value is -1.55. The van der Waals surface area contributed by atoms with Crippen molar-refractivity contribution >= 4 is 5.97 Å². The molecular weight excluding hydrogens is 242 g/mol. The third-order valence-electron chi connectivity index (χ3n) is 2.56. The fraction of sp³-hybridized carbons (Fsp3) is 0.533. The van der Waals surface area contributed by atoms with Gasteiger partial charge in [0.2, 0.25) is 0 Å². The van der Waals surface area contributed by atoms with Gasteiger partial charge < -0.3 is 14.8 Å². The summed E-state index contributed by atoms with van der Waals surface area (Å²) in [6.07, 6.45) is 0. The minimum atomic E-state index is -0.150. The van der Waals surface area contributed by atoms with E-state index in [1.807, 2.05) is 45.0 Å². The van der Waals surface area contributed by atoms with Gasteiger partial charge in [0.1, 0.15) is 12.4 Å². The summed E-state index contributed by atoms with van der Waals surface area (Å²) in [7, 11) is 0. The molecule has 0 heterocycles. The van der Waals surface area contributed by atoms with Gasteiger partial charge in [-0.15, -0.1) is 0 Å². The molecule has 1 aromatic rings. The van der Waals surface area contributed by atoms with E-state index in [1.54, 1.807) is 0 Å². The van der Waals surface area contributed by atoms with Gasteiger partial charge in [-0.1, -0.05) is 26.0 Å². The van der Waals surface area contributed by atoms with Crippen molar-refractivity contribution in [3.05, 3.63) is 29.8 Å². The first kappa shape index (κ1) is 15.5. The largest absolute Gasteiger partial charge is 0.494 e. The predicted octanol–water partition coefficient (Wildman–Crippen LogP) is 2.37. The molecule has 0 aliphatic rings. The molecule has 0 bridgehead atoms. The number of carbonyl (C=O) groups excluding carboxylic acids is 1. The Morgan fingerprint density at radius 2 is 1.95 bits per heavy atom. The summed E-state index contributed by atoms with van der Waals surface area (Å²) in [6, 6.07) is 7.97. The lowest BCUT2D eigenvalue weighted by atomic mass is 10.2. The lowest BCUT2D eigenvalue weighted by Gasteiger charge is -2.09. The molecule has 0 aromatic heterocycles. The maximum atomic E-state index is 11.2. The van der Waals surface area contributed by atoms with Gasteiger partial charge in [0.05, 0.1) is 12.5 Å². The number of esters is 1.